The lowest BCUT2D eigenvalue weighted by atomic mass is 9.82. The zero-order chi connectivity index (χ0) is 26.8. The van der Waals surface area contributed by atoms with E-state index in [1.165, 1.54) is 0 Å². The van der Waals surface area contributed by atoms with Gasteiger partial charge in [0.1, 0.15) is 0 Å². The molecule has 1 aliphatic carbocycles. The van der Waals surface area contributed by atoms with Gasteiger partial charge in [0, 0.05) is 34.6 Å². The van der Waals surface area contributed by atoms with Crippen molar-refractivity contribution in [1.82, 2.24) is 24.9 Å². The van der Waals surface area contributed by atoms with Crippen LogP contribution in [0.2, 0.25) is 0 Å². The summed E-state index contributed by atoms with van der Waals surface area (Å²) in [6.45, 7) is 6.55. The Kier molecular flexibility index (Phi) is 6.41. The van der Waals surface area contributed by atoms with Crippen molar-refractivity contribution in [3.05, 3.63) is 121 Å². The van der Waals surface area contributed by atoms with E-state index in [0.29, 0.717) is 17.5 Å². The number of pyridine rings is 2. The number of hydrogen-bond acceptors (Lipinski definition) is 5. The Morgan fingerprint density at radius 2 is 1.23 bits per heavy atom. The molecule has 0 spiro atoms. The molecule has 3 aromatic heterocycles. The van der Waals surface area contributed by atoms with Crippen LogP contribution in [0.15, 0.2) is 109 Å². The minimum atomic E-state index is 0.0332. The van der Waals surface area contributed by atoms with Crippen LogP contribution in [0.3, 0.4) is 0 Å². The van der Waals surface area contributed by atoms with Crippen LogP contribution in [-0.2, 0) is 0 Å². The molecule has 0 amide bonds. The minimum absolute atomic E-state index is 0.0332. The largest absolute Gasteiger partial charge is 0.256 e. The van der Waals surface area contributed by atoms with Gasteiger partial charge in [-0.2, -0.15) is 0 Å². The third kappa shape index (κ3) is 5.43. The van der Waals surface area contributed by atoms with Crippen molar-refractivity contribution in [2.75, 3.05) is 0 Å². The van der Waals surface area contributed by atoms with Crippen molar-refractivity contribution in [2.45, 2.75) is 27.2 Å². The van der Waals surface area contributed by atoms with Crippen LogP contribution >= 0.6 is 0 Å². The molecule has 3 heterocycles. The maximum atomic E-state index is 5.05. The first-order valence-electron chi connectivity index (χ1n) is 13.1. The van der Waals surface area contributed by atoms with Gasteiger partial charge in [-0.3, -0.25) is 9.97 Å². The molecule has 0 unspecified atom stereocenters. The second-order valence-corrected chi connectivity index (χ2v) is 10.6. The van der Waals surface area contributed by atoms with Crippen molar-refractivity contribution < 1.29 is 0 Å². The second kappa shape index (κ2) is 10.2. The maximum Gasteiger partial charge on any atom is 0.164 e. The zero-order valence-corrected chi connectivity index (χ0v) is 22.3. The molecule has 5 nitrogen and oxygen atoms in total. The third-order valence-corrected chi connectivity index (χ3v) is 6.80. The predicted molar refractivity (Wildman–Crippen MR) is 157 cm³/mol. The molecule has 2 aromatic carbocycles. The van der Waals surface area contributed by atoms with E-state index in [4.69, 9.17) is 15.0 Å². The SMILES string of the molecule is Cc1cccc(-c2nc(C3=CC=CC(C)(C)C3)nc(-c3cc(-c4ccccn4)cc(-c4ccccn4)c3)n2)c1. The van der Waals surface area contributed by atoms with Gasteiger partial charge in [-0.05, 0) is 72.9 Å². The summed E-state index contributed by atoms with van der Waals surface area (Å²) >= 11 is 0. The lowest BCUT2D eigenvalue weighted by Gasteiger charge is -2.24. The molecule has 0 radical (unpaired) electrons. The lowest BCUT2D eigenvalue weighted by Crippen LogP contribution is -2.13. The summed E-state index contributed by atoms with van der Waals surface area (Å²) in [6.07, 6.45) is 10.9. The van der Waals surface area contributed by atoms with Gasteiger partial charge in [-0.1, -0.05) is 68.0 Å². The second-order valence-electron chi connectivity index (χ2n) is 10.6. The number of aromatic nitrogens is 5. The first-order chi connectivity index (χ1) is 18.9. The molecule has 1 aliphatic rings. The standard InChI is InChI=1S/C34H29N5/c1-23-10-8-11-24(18-23)31-37-32(25-12-9-15-34(2,3)22-25)39-33(38-31)28-20-26(29-13-4-6-16-35-29)19-27(21-28)30-14-5-7-17-36-30/h4-21H,22H2,1-3H3. The Labute approximate surface area is 229 Å². The van der Waals surface area contributed by atoms with E-state index in [1.54, 1.807) is 0 Å². The molecule has 0 saturated carbocycles. The van der Waals surface area contributed by atoms with Crippen molar-refractivity contribution in [1.29, 1.82) is 0 Å². The fourth-order valence-electron chi connectivity index (χ4n) is 4.87. The van der Waals surface area contributed by atoms with Crippen molar-refractivity contribution in [3.8, 4) is 45.3 Å². The van der Waals surface area contributed by atoms with Crippen LogP contribution in [0.4, 0.5) is 0 Å². The van der Waals surface area contributed by atoms with E-state index >= 15 is 0 Å². The topological polar surface area (TPSA) is 64.5 Å². The normalized spacial score (nSPS) is 14.2. The summed E-state index contributed by atoms with van der Waals surface area (Å²) < 4.78 is 0. The highest BCUT2D eigenvalue weighted by atomic mass is 15.0. The molecule has 39 heavy (non-hydrogen) atoms. The van der Waals surface area contributed by atoms with Crippen LogP contribution in [0, 0.1) is 12.3 Å². The van der Waals surface area contributed by atoms with Crippen molar-refractivity contribution in [3.63, 3.8) is 0 Å². The van der Waals surface area contributed by atoms with Gasteiger partial charge in [0.25, 0.3) is 0 Å². The van der Waals surface area contributed by atoms with E-state index < -0.39 is 0 Å². The molecule has 0 bridgehead atoms. The van der Waals surface area contributed by atoms with E-state index in [2.05, 4.69) is 85.4 Å². The average Bonchev–Trinajstić information content (AvgIpc) is 2.97. The van der Waals surface area contributed by atoms with Gasteiger partial charge in [-0.25, -0.2) is 15.0 Å². The molecular weight excluding hydrogens is 478 g/mol. The number of benzene rings is 2. The van der Waals surface area contributed by atoms with Crippen molar-refractivity contribution in [2.24, 2.45) is 5.41 Å². The third-order valence-electron chi connectivity index (χ3n) is 6.80. The molecule has 0 aliphatic heterocycles. The zero-order valence-electron chi connectivity index (χ0n) is 22.3. The predicted octanol–water partition coefficient (Wildman–Crippen LogP) is 8.01. The molecular formula is C34H29N5. The summed E-state index contributed by atoms with van der Waals surface area (Å²) in [7, 11) is 0. The Morgan fingerprint density at radius 1 is 0.615 bits per heavy atom. The number of rotatable bonds is 5. The number of aryl methyl sites for hydroxylation is 1. The Morgan fingerprint density at radius 3 is 1.82 bits per heavy atom. The fourth-order valence-corrected chi connectivity index (χ4v) is 4.87. The van der Waals surface area contributed by atoms with Gasteiger partial charge in [0.15, 0.2) is 17.5 Å². The maximum absolute atomic E-state index is 5.05. The van der Waals surface area contributed by atoms with Crippen LogP contribution in [0.1, 0.15) is 31.7 Å². The quantitative estimate of drug-likeness (QED) is 0.241. The first kappa shape index (κ1) is 24.6. The highest BCUT2D eigenvalue weighted by Gasteiger charge is 2.23. The van der Waals surface area contributed by atoms with Gasteiger partial charge in [-0.15, -0.1) is 0 Å². The summed E-state index contributed by atoms with van der Waals surface area (Å²) in [5.74, 6) is 1.99. The molecule has 6 rings (SSSR count). The highest BCUT2D eigenvalue weighted by Crippen LogP contribution is 2.36. The molecule has 190 valence electrons. The Balaban J connectivity index is 1.57. The molecule has 5 aromatic rings. The van der Waals surface area contributed by atoms with E-state index in [1.807, 2.05) is 54.9 Å². The minimum Gasteiger partial charge on any atom is -0.256 e. The summed E-state index contributed by atoms with van der Waals surface area (Å²) in [4.78, 5) is 24.2. The molecule has 0 fully saturated rings. The highest BCUT2D eigenvalue weighted by molar-refractivity contribution is 5.78. The molecule has 0 N–H and O–H groups in total. The average molecular weight is 508 g/mol. The van der Waals surface area contributed by atoms with Crippen LogP contribution in [-0.4, -0.2) is 24.9 Å². The first-order valence-corrected chi connectivity index (χ1v) is 13.1. The van der Waals surface area contributed by atoms with E-state index in [9.17, 15) is 0 Å². The Hall–Kier alpha value is -4.77. The summed E-state index contributed by atoms with van der Waals surface area (Å²) in [5.41, 5.74) is 7.88. The fraction of sp³-hybridized carbons (Fsp3) is 0.147. The smallest absolute Gasteiger partial charge is 0.164 e. The monoisotopic (exact) mass is 507 g/mol. The molecule has 5 heteroatoms. The summed E-state index contributed by atoms with van der Waals surface area (Å²) in [5, 5.41) is 0. The summed E-state index contributed by atoms with van der Waals surface area (Å²) in [6, 6.07) is 26.5. The van der Waals surface area contributed by atoms with Gasteiger partial charge < -0.3 is 0 Å². The molecule has 0 atom stereocenters. The number of hydrogen-bond donors (Lipinski definition) is 0. The van der Waals surface area contributed by atoms with Gasteiger partial charge in [0.05, 0.1) is 11.4 Å². The Bertz CT molecular complexity index is 1650. The van der Waals surface area contributed by atoms with Crippen molar-refractivity contribution >= 4 is 5.57 Å². The van der Waals surface area contributed by atoms with Gasteiger partial charge >= 0.3 is 0 Å². The van der Waals surface area contributed by atoms with Crippen LogP contribution in [0.25, 0.3) is 50.9 Å². The molecule has 0 saturated heterocycles. The number of allylic oxidation sites excluding steroid dienone is 4. The van der Waals surface area contributed by atoms with Crippen LogP contribution in [0.5, 0.6) is 0 Å². The number of nitrogens with zero attached hydrogens (tertiary/aromatic N) is 5. The lowest BCUT2D eigenvalue weighted by molar-refractivity contribution is 0.491. The van der Waals surface area contributed by atoms with E-state index in [0.717, 1.165) is 51.2 Å². The van der Waals surface area contributed by atoms with Crippen LogP contribution < -0.4 is 0 Å². The van der Waals surface area contributed by atoms with E-state index in [-0.39, 0.29) is 5.41 Å². The van der Waals surface area contributed by atoms with Gasteiger partial charge in [0.2, 0.25) is 0 Å².